The van der Waals surface area contributed by atoms with E-state index in [9.17, 15) is 10.1 Å². The lowest BCUT2D eigenvalue weighted by molar-refractivity contribution is -0.385. The molecule has 0 aliphatic heterocycles. The van der Waals surface area contributed by atoms with Crippen LogP contribution in [0.5, 0.6) is 0 Å². The summed E-state index contributed by atoms with van der Waals surface area (Å²) in [7, 11) is 0. The Bertz CT molecular complexity index is 585. The molecule has 0 aliphatic rings. The molecule has 7 heteroatoms. The van der Waals surface area contributed by atoms with Crippen LogP contribution in [0.15, 0.2) is 24.4 Å². The molecule has 0 saturated carbocycles. The molecule has 1 heterocycles. The maximum atomic E-state index is 10.8. The molecule has 0 unspecified atom stereocenters. The fourth-order valence-electron chi connectivity index (χ4n) is 1.56. The van der Waals surface area contributed by atoms with Crippen LogP contribution in [0.1, 0.15) is 10.4 Å². The zero-order valence-electron chi connectivity index (χ0n) is 9.51. The number of hydrogen-bond donors (Lipinski definition) is 1. The van der Waals surface area contributed by atoms with Gasteiger partial charge in [-0.25, -0.2) is 4.98 Å². The van der Waals surface area contributed by atoms with E-state index in [1.54, 1.807) is 19.2 Å². The van der Waals surface area contributed by atoms with Crippen molar-refractivity contribution < 1.29 is 4.92 Å². The van der Waals surface area contributed by atoms with Gasteiger partial charge in [-0.15, -0.1) is 11.3 Å². The Kier molecular flexibility index (Phi) is 3.78. The third kappa shape index (κ3) is 2.77. The Morgan fingerprint density at radius 3 is 2.94 bits per heavy atom. The molecule has 1 aromatic carbocycles. The molecular formula is C11H10ClN3O2S. The highest BCUT2D eigenvalue weighted by molar-refractivity contribution is 7.15. The second kappa shape index (κ2) is 5.32. The zero-order chi connectivity index (χ0) is 13.1. The van der Waals surface area contributed by atoms with Gasteiger partial charge in [-0.2, -0.15) is 0 Å². The average molecular weight is 284 g/mol. The first-order valence-electron chi connectivity index (χ1n) is 5.16. The van der Waals surface area contributed by atoms with Gasteiger partial charge < -0.3 is 5.32 Å². The van der Waals surface area contributed by atoms with Crippen LogP contribution >= 0.6 is 22.9 Å². The fraction of sp³-hybridized carbons (Fsp3) is 0.182. The highest BCUT2D eigenvalue weighted by atomic mass is 35.5. The molecule has 2 rings (SSSR count). The second-order valence-corrected chi connectivity index (χ2v) is 5.34. The van der Waals surface area contributed by atoms with Crippen molar-refractivity contribution in [3.63, 3.8) is 0 Å². The van der Waals surface area contributed by atoms with E-state index >= 15 is 0 Å². The van der Waals surface area contributed by atoms with Gasteiger partial charge in [0.15, 0.2) is 4.47 Å². The average Bonchev–Trinajstić information content (AvgIpc) is 2.73. The van der Waals surface area contributed by atoms with Crippen LogP contribution in [0.4, 0.5) is 11.4 Å². The third-order valence-corrected chi connectivity index (χ3v) is 3.60. The summed E-state index contributed by atoms with van der Waals surface area (Å²) in [6.45, 7) is 2.27. The van der Waals surface area contributed by atoms with Gasteiger partial charge in [-0.05, 0) is 13.0 Å². The lowest BCUT2D eigenvalue weighted by Gasteiger charge is -2.08. The fourth-order valence-corrected chi connectivity index (χ4v) is 2.48. The monoisotopic (exact) mass is 283 g/mol. The van der Waals surface area contributed by atoms with Crippen molar-refractivity contribution in [2.24, 2.45) is 0 Å². The Labute approximate surface area is 113 Å². The van der Waals surface area contributed by atoms with Crippen molar-refractivity contribution in [3.8, 4) is 0 Å². The molecule has 2 aromatic rings. The van der Waals surface area contributed by atoms with Crippen LogP contribution in [-0.2, 0) is 6.54 Å². The number of thiazole rings is 1. The van der Waals surface area contributed by atoms with Crippen LogP contribution in [0.2, 0.25) is 4.47 Å². The molecule has 0 fully saturated rings. The second-order valence-electron chi connectivity index (χ2n) is 3.64. The number of nitrogens with zero attached hydrogens (tertiary/aromatic N) is 2. The zero-order valence-corrected chi connectivity index (χ0v) is 11.1. The minimum absolute atomic E-state index is 0.113. The van der Waals surface area contributed by atoms with E-state index in [2.05, 4.69) is 10.3 Å². The van der Waals surface area contributed by atoms with Gasteiger partial charge in [-0.1, -0.05) is 17.7 Å². The van der Waals surface area contributed by atoms with Crippen LogP contribution in [0.25, 0.3) is 0 Å². The lowest BCUT2D eigenvalue weighted by atomic mass is 10.1. The Hall–Kier alpha value is -1.66. The first-order chi connectivity index (χ1) is 8.58. The molecule has 0 bridgehead atoms. The Morgan fingerprint density at radius 2 is 2.33 bits per heavy atom. The minimum Gasteiger partial charge on any atom is -0.380 e. The van der Waals surface area contributed by atoms with E-state index < -0.39 is 0 Å². The van der Waals surface area contributed by atoms with E-state index in [-0.39, 0.29) is 10.6 Å². The summed E-state index contributed by atoms with van der Waals surface area (Å²) in [6.07, 6.45) is 1.69. The van der Waals surface area contributed by atoms with Gasteiger partial charge in [0.1, 0.15) is 0 Å². The summed E-state index contributed by atoms with van der Waals surface area (Å²) in [4.78, 5) is 15.3. The molecule has 5 nitrogen and oxygen atoms in total. The maximum Gasteiger partial charge on any atom is 0.274 e. The molecular weight excluding hydrogens is 274 g/mol. The van der Waals surface area contributed by atoms with E-state index in [4.69, 9.17) is 11.6 Å². The summed E-state index contributed by atoms with van der Waals surface area (Å²) in [5, 5.41) is 13.9. The number of nitro benzene ring substituents is 1. The number of anilines is 1. The number of halogens is 1. The van der Waals surface area contributed by atoms with Crippen molar-refractivity contribution in [3.05, 3.63) is 49.4 Å². The molecule has 94 valence electrons. The highest BCUT2D eigenvalue weighted by Crippen LogP contribution is 2.26. The van der Waals surface area contributed by atoms with Crippen molar-refractivity contribution in [1.82, 2.24) is 4.98 Å². The van der Waals surface area contributed by atoms with Gasteiger partial charge in [-0.3, -0.25) is 10.1 Å². The molecule has 0 saturated heterocycles. The van der Waals surface area contributed by atoms with Gasteiger partial charge in [0.25, 0.3) is 5.69 Å². The number of hydrogen-bond acceptors (Lipinski definition) is 5. The van der Waals surface area contributed by atoms with E-state index in [1.807, 2.05) is 6.07 Å². The molecule has 0 spiro atoms. The van der Waals surface area contributed by atoms with E-state index in [0.29, 0.717) is 16.6 Å². The predicted molar refractivity (Wildman–Crippen MR) is 72.3 cm³/mol. The highest BCUT2D eigenvalue weighted by Gasteiger charge is 2.12. The number of nitro groups is 1. The molecule has 0 amide bonds. The number of nitrogens with one attached hydrogen (secondary N) is 1. The van der Waals surface area contributed by atoms with E-state index in [1.165, 1.54) is 17.4 Å². The van der Waals surface area contributed by atoms with E-state index in [0.717, 1.165) is 10.6 Å². The normalized spacial score (nSPS) is 10.3. The van der Waals surface area contributed by atoms with Gasteiger partial charge in [0, 0.05) is 28.4 Å². The largest absolute Gasteiger partial charge is 0.380 e. The van der Waals surface area contributed by atoms with Crippen LogP contribution < -0.4 is 5.32 Å². The number of benzene rings is 1. The summed E-state index contributed by atoms with van der Waals surface area (Å²) in [6, 6.07) is 4.96. The molecule has 1 aromatic heterocycles. The van der Waals surface area contributed by atoms with Crippen molar-refractivity contribution in [2.45, 2.75) is 13.5 Å². The van der Waals surface area contributed by atoms with Gasteiger partial charge >= 0.3 is 0 Å². The summed E-state index contributed by atoms with van der Waals surface area (Å²) in [5.41, 5.74) is 1.48. The molecule has 18 heavy (non-hydrogen) atoms. The lowest BCUT2D eigenvalue weighted by Crippen LogP contribution is -2.01. The summed E-state index contributed by atoms with van der Waals surface area (Å²) >= 11 is 7.11. The topological polar surface area (TPSA) is 68.1 Å². The number of aromatic nitrogens is 1. The van der Waals surface area contributed by atoms with Crippen LogP contribution in [-0.4, -0.2) is 9.91 Å². The first-order valence-corrected chi connectivity index (χ1v) is 6.35. The number of rotatable bonds is 4. The Balaban J connectivity index is 2.14. The SMILES string of the molecule is Cc1c(NCc2cnc(Cl)s2)cccc1[N+](=O)[O-]. The molecule has 1 N–H and O–H groups in total. The first kappa shape index (κ1) is 12.8. The smallest absolute Gasteiger partial charge is 0.274 e. The van der Waals surface area contributed by atoms with Crippen LogP contribution in [0, 0.1) is 17.0 Å². The molecule has 0 aliphatic carbocycles. The van der Waals surface area contributed by atoms with Crippen molar-refractivity contribution in [1.29, 1.82) is 0 Å². The summed E-state index contributed by atoms with van der Waals surface area (Å²) in [5.74, 6) is 0. The van der Waals surface area contributed by atoms with Gasteiger partial charge in [0.05, 0.1) is 11.5 Å². The summed E-state index contributed by atoms with van der Waals surface area (Å²) < 4.78 is 0.488. The minimum atomic E-state index is -0.385. The quantitative estimate of drug-likeness (QED) is 0.687. The Morgan fingerprint density at radius 1 is 1.56 bits per heavy atom. The molecule has 0 atom stereocenters. The van der Waals surface area contributed by atoms with Crippen molar-refractivity contribution >= 4 is 34.3 Å². The maximum absolute atomic E-state index is 10.8. The molecule has 0 radical (unpaired) electrons. The predicted octanol–water partition coefficient (Wildman–Crippen LogP) is 3.63. The van der Waals surface area contributed by atoms with Crippen molar-refractivity contribution in [2.75, 3.05) is 5.32 Å². The standard InChI is InChI=1S/C11H10ClN3O2S/c1-7-9(3-2-4-10(7)15(16)17)13-5-8-6-14-11(12)18-8/h2-4,6,13H,5H2,1H3. The van der Waals surface area contributed by atoms with Crippen LogP contribution in [0.3, 0.4) is 0 Å². The third-order valence-electron chi connectivity index (χ3n) is 2.48. The van der Waals surface area contributed by atoms with Gasteiger partial charge in [0.2, 0.25) is 0 Å².